The van der Waals surface area contributed by atoms with E-state index >= 15 is 0 Å². The first-order valence-corrected chi connectivity index (χ1v) is 11.2. The van der Waals surface area contributed by atoms with E-state index in [4.69, 9.17) is 27.9 Å². The van der Waals surface area contributed by atoms with E-state index in [1.54, 1.807) is 13.8 Å². The van der Waals surface area contributed by atoms with Gasteiger partial charge in [0.05, 0.1) is 16.3 Å². The molecule has 170 valence electrons. The van der Waals surface area contributed by atoms with Gasteiger partial charge in [-0.25, -0.2) is 8.42 Å². The molecule has 0 heterocycles. The van der Waals surface area contributed by atoms with Crippen molar-refractivity contribution in [1.82, 2.24) is 4.31 Å². The summed E-state index contributed by atoms with van der Waals surface area (Å²) in [7, 11) is -3.94. The first kappa shape index (κ1) is 25.3. The van der Waals surface area contributed by atoms with Gasteiger partial charge >= 0.3 is 6.18 Å². The van der Waals surface area contributed by atoms with Crippen molar-refractivity contribution in [3.63, 3.8) is 0 Å². The summed E-state index contributed by atoms with van der Waals surface area (Å²) >= 11 is 11.8. The van der Waals surface area contributed by atoms with Crippen LogP contribution in [0.4, 0.5) is 18.9 Å². The molecule has 0 bridgehead atoms. The lowest BCUT2D eigenvalue weighted by Gasteiger charge is -2.20. The van der Waals surface area contributed by atoms with Crippen LogP contribution in [0.2, 0.25) is 10.0 Å². The SMILES string of the molecule is CCN(CC)S(=O)(=O)c1cc(Cl)ccc1OCC(=O)Nc1cc(C(F)(F)F)ccc1Cl. The molecule has 31 heavy (non-hydrogen) atoms. The molecule has 12 heteroatoms. The molecule has 1 amide bonds. The maximum absolute atomic E-state index is 12.9. The zero-order valence-electron chi connectivity index (χ0n) is 16.5. The summed E-state index contributed by atoms with van der Waals surface area (Å²) in [6.45, 7) is 3.07. The molecule has 0 saturated carbocycles. The second kappa shape index (κ2) is 10.1. The Morgan fingerprint density at radius 2 is 1.74 bits per heavy atom. The van der Waals surface area contributed by atoms with Gasteiger partial charge in [0.15, 0.2) is 6.61 Å². The summed E-state index contributed by atoms with van der Waals surface area (Å²) in [4.78, 5) is 12.0. The molecule has 0 radical (unpaired) electrons. The third kappa shape index (κ3) is 6.25. The van der Waals surface area contributed by atoms with Crippen LogP contribution in [0.5, 0.6) is 5.75 Å². The van der Waals surface area contributed by atoms with Crippen molar-refractivity contribution in [1.29, 1.82) is 0 Å². The van der Waals surface area contributed by atoms with Crippen LogP contribution in [-0.2, 0) is 21.0 Å². The maximum Gasteiger partial charge on any atom is 0.416 e. The number of sulfonamides is 1. The average Bonchev–Trinajstić information content (AvgIpc) is 2.68. The Kier molecular flexibility index (Phi) is 8.21. The second-order valence-electron chi connectivity index (χ2n) is 6.21. The van der Waals surface area contributed by atoms with E-state index in [0.717, 1.165) is 12.1 Å². The van der Waals surface area contributed by atoms with Crippen LogP contribution in [0.1, 0.15) is 19.4 Å². The Labute approximate surface area is 187 Å². The van der Waals surface area contributed by atoms with Crippen molar-refractivity contribution in [2.45, 2.75) is 24.9 Å². The molecular formula is C19H19Cl2F3N2O4S. The molecule has 1 N–H and O–H groups in total. The topological polar surface area (TPSA) is 75.7 Å². The number of benzene rings is 2. The summed E-state index contributed by atoms with van der Waals surface area (Å²) < 4.78 is 70.8. The van der Waals surface area contributed by atoms with E-state index in [-0.39, 0.29) is 39.5 Å². The minimum absolute atomic E-state index is 0.0994. The fourth-order valence-corrected chi connectivity index (χ4v) is 4.65. The Hall–Kier alpha value is -2.01. The minimum atomic E-state index is -4.61. The third-order valence-electron chi connectivity index (χ3n) is 4.16. The molecule has 2 rings (SSSR count). The minimum Gasteiger partial charge on any atom is -0.482 e. The molecule has 0 aromatic heterocycles. The van der Waals surface area contributed by atoms with E-state index in [9.17, 15) is 26.4 Å². The van der Waals surface area contributed by atoms with Gasteiger partial charge in [0.25, 0.3) is 5.91 Å². The normalized spacial score (nSPS) is 12.1. The van der Waals surface area contributed by atoms with E-state index in [2.05, 4.69) is 5.32 Å². The fourth-order valence-electron chi connectivity index (χ4n) is 2.63. The van der Waals surface area contributed by atoms with E-state index in [1.165, 1.54) is 22.5 Å². The molecule has 2 aromatic carbocycles. The zero-order valence-corrected chi connectivity index (χ0v) is 18.8. The van der Waals surface area contributed by atoms with Crippen LogP contribution in [0.3, 0.4) is 0 Å². The van der Waals surface area contributed by atoms with Crippen LogP contribution >= 0.6 is 23.2 Å². The zero-order chi connectivity index (χ0) is 23.4. The second-order valence-corrected chi connectivity index (χ2v) is 8.96. The van der Waals surface area contributed by atoms with Gasteiger partial charge in [0.1, 0.15) is 10.6 Å². The van der Waals surface area contributed by atoms with Gasteiger partial charge in [-0.1, -0.05) is 37.0 Å². The lowest BCUT2D eigenvalue weighted by molar-refractivity contribution is -0.137. The van der Waals surface area contributed by atoms with E-state index < -0.39 is 34.3 Å². The predicted octanol–water partition coefficient (Wildman–Crippen LogP) is 5.06. The number of amides is 1. The van der Waals surface area contributed by atoms with Crippen molar-refractivity contribution >= 4 is 44.8 Å². The fraction of sp³-hybridized carbons (Fsp3) is 0.316. The van der Waals surface area contributed by atoms with Crippen LogP contribution in [0, 0.1) is 0 Å². The number of anilines is 1. The van der Waals surface area contributed by atoms with Crippen molar-refractivity contribution in [2.24, 2.45) is 0 Å². The van der Waals surface area contributed by atoms with Gasteiger partial charge in [-0.2, -0.15) is 17.5 Å². The molecule has 2 aromatic rings. The number of alkyl halides is 3. The van der Waals surface area contributed by atoms with Gasteiger partial charge in [0, 0.05) is 18.1 Å². The molecule has 0 aliphatic rings. The lowest BCUT2D eigenvalue weighted by atomic mass is 10.2. The van der Waals surface area contributed by atoms with Crippen LogP contribution in [0.15, 0.2) is 41.3 Å². The highest BCUT2D eigenvalue weighted by Gasteiger charge is 2.31. The molecule has 6 nitrogen and oxygen atoms in total. The van der Waals surface area contributed by atoms with Gasteiger partial charge < -0.3 is 10.1 Å². The Balaban J connectivity index is 2.22. The van der Waals surface area contributed by atoms with Gasteiger partial charge in [-0.05, 0) is 36.4 Å². The molecular weight excluding hydrogens is 480 g/mol. The van der Waals surface area contributed by atoms with E-state index in [0.29, 0.717) is 6.07 Å². The maximum atomic E-state index is 12.9. The summed E-state index contributed by atoms with van der Waals surface area (Å²) in [5, 5.41) is 2.28. The molecule has 0 unspecified atom stereocenters. The molecule has 0 saturated heterocycles. The summed E-state index contributed by atoms with van der Waals surface area (Å²) in [6.07, 6.45) is -4.61. The van der Waals surface area contributed by atoms with Crippen molar-refractivity contribution in [2.75, 3.05) is 25.0 Å². The third-order valence-corrected chi connectivity index (χ3v) is 6.79. The Morgan fingerprint density at radius 3 is 2.32 bits per heavy atom. The van der Waals surface area contributed by atoms with Gasteiger partial charge in [-0.15, -0.1) is 0 Å². The number of halogens is 5. The largest absolute Gasteiger partial charge is 0.482 e. The monoisotopic (exact) mass is 498 g/mol. The van der Waals surface area contributed by atoms with Crippen molar-refractivity contribution in [3.05, 3.63) is 52.0 Å². The summed E-state index contributed by atoms with van der Waals surface area (Å²) in [6, 6.07) is 6.37. The summed E-state index contributed by atoms with van der Waals surface area (Å²) in [5.74, 6) is -0.955. The predicted molar refractivity (Wildman–Crippen MR) is 112 cm³/mol. The van der Waals surface area contributed by atoms with Crippen molar-refractivity contribution < 1.29 is 31.1 Å². The standard InChI is InChI=1S/C19H19Cl2F3N2O4S/c1-3-26(4-2)31(28,29)17-10-13(20)6-8-16(17)30-11-18(27)25-15-9-12(19(22,23)24)5-7-14(15)21/h5-10H,3-4,11H2,1-2H3,(H,25,27). The van der Waals surface area contributed by atoms with Crippen LogP contribution < -0.4 is 10.1 Å². The molecule has 0 aliphatic carbocycles. The number of hydrogen-bond donors (Lipinski definition) is 1. The lowest BCUT2D eigenvalue weighted by Crippen LogP contribution is -2.31. The number of nitrogens with zero attached hydrogens (tertiary/aromatic N) is 1. The highest BCUT2D eigenvalue weighted by atomic mass is 35.5. The summed E-state index contributed by atoms with van der Waals surface area (Å²) in [5.41, 5.74) is -1.24. The molecule has 0 spiro atoms. The molecule has 0 fully saturated rings. The average molecular weight is 499 g/mol. The first-order valence-electron chi connectivity index (χ1n) is 8.99. The number of carbonyl (C=O) groups is 1. The Bertz CT molecular complexity index is 1060. The van der Waals surface area contributed by atoms with E-state index in [1.807, 2.05) is 0 Å². The Morgan fingerprint density at radius 1 is 1.10 bits per heavy atom. The number of nitrogens with one attached hydrogen (secondary N) is 1. The number of carbonyl (C=O) groups excluding carboxylic acids is 1. The smallest absolute Gasteiger partial charge is 0.416 e. The molecule has 0 atom stereocenters. The van der Waals surface area contributed by atoms with Crippen LogP contribution in [-0.4, -0.2) is 38.3 Å². The number of hydrogen-bond acceptors (Lipinski definition) is 4. The first-order chi connectivity index (χ1) is 14.4. The quantitative estimate of drug-likeness (QED) is 0.551. The number of rotatable bonds is 8. The number of ether oxygens (including phenoxy) is 1. The highest BCUT2D eigenvalue weighted by Crippen LogP contribution is 2.34. The van der Waals surface area contributed by atoms with Crippen molar-refractivity contribution in [3.8, 4) is 5.75 Å². The van der Waals surface area contributed by atoms with Gasteiger partial charge in [-0.3, -0.25) is 4.79 Å². The van der Waals surface area contributed by atoms with Crippen LogP contribution in [0.25, 0.3) is 0 Å². The van der Waals surface area contributed by atoms with Gasteiger partial charge in [0.2, 0.25) is 10.0 Å². The molecule has 0 aliphatic heterocycles. The highest BCUT2D eigenvalue weighted by molar-refractivity contribution is 7.89.